The van der Waals surface area contributed by atoms with Gasteiger partial charge in [0.05, 0.1) is 0 Å². The van der Waals surface area contributed by atoms with Gasteiger partial charge >= 0.3 is 5.97 Å². The molecule has 0 fully saturated rings. The van der Waals surface area contributed by atoms with Crippen molar-refractivity contribution in [1.29, 1.82) is 0 Å². The van der Waals surface area contributed by atoms with Crippen LogP contribution in [0.2, 0.25) is 0 Å². The van der Waals surface area contributed by atoms with Crippen molar-refractivity contribution < 1.29 is 23.8 Å². The monoisotopic (exact) mass is 126 g/mol. The SMILES string of the molecule is O=C(O)C(F)C(O)F. The predicted octanol–water partition coefficient (Wildman–Crippen LogP) is -0.303. The molecule has 0 rings (SSSR count). The average molecular weight is 126 g/mol. The molecule has 2 atom stereocenters. The highest BCUT2D eigenvalue weighted by atomic mass is 19.2. The number of alkyl halides is 2. The van der Waals surface area contributed by atoms with Crippen LogP contribution in [0.25, 0.3) is 0 Å². The molecule has 0 saturated carbocycles. The highest BCUT2D eigenvalue weighted by Crippen LogP contribution is 1.98. The van der Waals surface area contributed by atoms with Crippen LogP contribution in [0.15, 0.2) is 0 Å². The first-order valence-corrected chi connectivity index (χ1v) is 1.74. The van der Waals surface area contributed by atoms with Gasteiger partial charge in [-0.15, -0.1) is 0 Å². The number of aliphatic hydroxyl groups is 1. The topological polar surface area (TPSA) is 57.5 Å². The van der Waals surface area contributed by atoms with E-state index < -0.39 is 18.5 Å². The van der Waals surface area contributed by atoms with Gasteiger partial charge in [0.25, 0.3) is 6.17 Å². The van der Waals surface area contributed by atoms with Gasteiger partial charge in [0.2, 0.25) is 6.36 Å². The second-order valence-corrected chi connectivity index (χ2v) is 1.11. The molecule has 0 aromatic rings. The predicted molar refractivity (Wildman–Crippen MR) is 19.6 cm³/mol. The molecule has 0 aliphatic rings. The van der Waals surface area contributed by atoms with Crippen molar-refractivity contribution in [2.45, 2.75) is 12.5 Å². The Kier molecular flexibility index (Phi) is 2.33. The van der Waals surface area contributed by atoms with Gasteiger partial charge in [-0.3, -0.25) is 0 Å². The Hall–Kier alpha value is -0.710. The summed E-state index contributed by atoms with van der Waals surface area (Å²) in [5.74, 6) is -2.00. The zero-order chi connectivity index (χ0) is 6.73. The number of rotatable bonds is 2. The van der Waals surface area contributed by atoms with E-state index in [0.717, 1.165) is 0 Å². The van der Waals surface area contributed by atoms with Crippen LogP contribution in [0.5, 0.6) is 0 Å². The maximum absolute atomic E-state index is 11.4. The molecule has 0 aromatic carbocycles. The van der Waals surface area contributed by atoms with Gasteiger partial charge in [-0.05, 0) is 0 Å². The molecule has 2 unspecified atom stereocenters. The molecule has 8 heavy (non-hydrogen) atoms. The van der Waals surface area contributed by atoms with Crippen LogP contribution in [0.3, 0.4) is 0 Å². The lowest BCUT2D eigenvalue weighted by molar-refractivity contribution is -0.152. The van der Waals surface area contributed by atoms with Crippen molar-refractivity contribution in [2.24, 2.45) is 0 Å². The fraction of sp³-hybridized carbons (Fsp3) is 0.667. The van der Waals surface area contributed by atoms with Crippen LogP contribution in [0, 0.1) is 0 Å². The Morgan fingerprint density at radius 3 is 1.88 bits per heavy atom. The summed E-state index contributed by atoms with van der Waals surface area (Å²) in [7, 11) is 0. The van der Waals surface area contributed by atoms with Crippen molar-refractivity contribution in [3.63, 3.8) is 0 Å². The quantitative estimate of drug-likeness (QED) is 0.533. The first-order chi connectivity index (χ1) is 3.55. The van der Waals surface area contributed by atoms with Crippen LogP contribution in [-0.2, 0) is 4.79 Å². The Morgan fingerprint density at radius 1 is 1.50 bits per heavy atom. The molecule has 0 heterocycles. The summed E-state index contributed by atoms with van der Waals surface area (Å²) in [4.78, 5) is 9.37. The van der Waals surface area contributed by atoms with Gasteiger partial charge in [-0.1, -0.05) is 0 Å². The molecule has 0 aliphatic heterocycles. The number of hydrogen-bond donors (Lipinski definition) is 2. The summed E-state index contributed by atoms with van der Waals surface area (Å²) in [5, 5.41) is 15.1. The standard InChI is InChI=1S/C3H4F2O3/c4-1(2(5)6)3(7)8/h1-2,6H,(H,7,8). The van der Waals surface area contributed by atoms with Crippen molar-refractivity contribution >= 4 is 5.97 Å². The van der Waals surface area contributed by atoms with Crippen molar-refractivity contribution in [3.05, 3.63) is 0 Å². The van der Waals surface area contributed by atoms with E-state index in [-0.39, 0.29) is 0 Å². The van der Waals surface area contributed by atoms with E-state index >= 15 is 0 Å². The lowest BCUT2D eigenvalue weighted by atomic mass is 10.4. The molecule has 3 nitrogen and oxygen atoms in total. The Balaban J connectivity index is 3.64. The first kappa shape index (κ1) is 7.29. The van der Waals surface area contributed by atoms with E-state index in [1.54, 1.807) is 0 Å². The number of carbonyl (C=O) groups is 1. The van der Waals surface area contributed by atoms with Gasteiger partial charge in [0.15, 0.2) is 0 Å². The Morgan fingerprint density at radius 2 is 1.88 bits per heavy atom. The second kappa shape index (κ2) is 2.56. The number of aliphatic carboxylic acids is 1. The van der Waals surface area contributed by atoms with Crippen LogP contribution in [-0.4, -0.2) is 28.7 Å². The molecule has 5 heteroatoms. The molecule has 48 valence electrons. The molecule has 0 bridgehead atoms. The maximum atomic E-state index is 11.4. The summed E-state index contributed by atoms with van der Waals surface area (Å²) in [5.41, 5.74) is 0. The van der Waals surface area contributed by atoms with E-state index in [2.05, 4.69) is 0 Å². The normalized spacial score (nSPS) is 17.4. The second-order valence-electron chi connectivity index (χ2n) is 1.11. The van der Waals surface area contributed by atoms with Gasteiger partial charge in [-0.25, -0.2) is 13.6 Å². The van der Waals surface area contributed by atoms with E-state index in [9.17, 15) is 13.6 Å². The van der Waals surface area contributed by atoms with Crippen molar-refractivity contribution in [2.75, 3.05) is 0 Å². The fourth-order valence-electron chi connectivity index (χ4n) is 0.118. The number of halogens is 2. The molecule has 2 N–H and O–H groups in total. The van der Waals surface area contributed by atoms with E-state index in [1.807, 2.05) is 0 Å². The van der Waals surface area contributed by atoms with Crippen molar-refractivity contribution in [1.82, 2.24) is 0 Å². The molecular weight excluding hydrogens is 122 g/mol. The molecule has 0 saturated heterocycles. The van der Waals surface area contributed by atoms with Gasteiger partial charge < -0.3 is 10.2 Å². The average Bonchev–Trinajstić information content (AvgIpc) is 1.64. The summed E-state index contributed by atoms with van der Waals surface area (Å²) in [6.45, 7) is 0. The number of carboxylic acids is 1. The van der Waals surface area contributed by atoms with Gasteiger partial charge in [0, 0.05) is 0 Å². The molecule has 0 radical (unpaired) electrons. The van der Waals surface area contributed by atoms with Crippen LogP contribution in [0.4, 0.5) is 8.78 Å². The highest BCUT2D eigenvalue weighted by Gasteiger charge is 2.24. The molecule has 0 aliphatic carbocycles. The minimum atomic E-state index is -2.92. The molecule has 0 amide bonds. The maximum Gasteiger partial charge on any atom is 0.344 e. The lowest BCUT2D eigenvalue weighted by Crippen LogP contribution is -2.25. The smallest absolute Gasteiger partial charge is 0.344 e. The fourth-order valence-corrected chi connectivity index (χ4v) is 0.118. The number of hydrogen-bond acceptors (Lipinski definition) is 2. The van der Waals surface area contributed by atoms with E-state index in [4.69, 9.17) is 10.2 Å². The van der Waals surface area contributed by atoms with Gasteiger partial charge in [0.1, 0.15) is 0 Å². The minimum Gasteiger partial charge on any atom is -0.479 e. The third kappa shape index (κ3) is 1.83. The van der Waals surface area contributed by atoms with Gasteiger partial charge in [-0.2, -0.15) is 0 Å². The molecule has 0 aromatic heterocycles. The summed E-state index contributed by atoms with van der Waals surface area (Å²) >= 11 is 0. The van der Waals surface area contributed by atoms with Crippen LogP contribution in [0.1, 0.15) is 0 Å². The third-order valence-electron chi connectivity index (χ3n) is 0.477. The number of carboxylic acid groups (broad SMARTS) is 1. The Labute approximate surface area is 43.6 Å². The van der Waals surface area contributed by atoms with E-state index in [0.29, 0.717) is 0 Å². The number of aliphatic hydroxyl groups excluding tert-OH is 1. The van der Waals surface area contributed by atoms with E-state index in [1.165, 1.54) is 0 Å². The van der Waals surface area contributed by atoms with Crippen molar-refractivity contribution in [3.8, 4) is 0 Å². The highest BCUT2D eigenvalue weighted by molar-refractivity contribution is 5.72. The largest absolute Gasteiger partial charge is 0.479 e. The lowest BCUT2D eigenvalue weighted by Gasteiger charge is -1.99. The first-order valence-electron chi connectivity index (χ1n) is 1.74. The summed E-state index contributed by atoms with van der Waals surface area (Å²) in [6, 6.07) is 0. The minimum absolute atomic E-state index is 2.00. The zero-order valence-electron chi connectivity index (χ0n) is 3.71. The molecular formula is C3H4F2O3. The zero-order valence-corrected chi connectivity index (χ0v) is 3.71. The molecule has 0 spiro atoms. The third-order valence-corrected chi connectivity index (χ3v) is 0.477. The van der Waals surface area contributed by atoms with Crippen LogP contribution >= 0.6 is 0 Å². The summed E-state index contributed by atoms with van der Waals surface area (Å²) < 4.78 is 22.6. The summed E-state index contributed by atoms with van der Waals surface area (Å²) in [6.07, 6.45) is -5.75. The van der Waals surface area contributed by atoms with Crippen LogP contribution < -0.4 is 0 Å². The Bertz CT molecular complexity index is 92.5.